The average Bonchev–Trinajstić information content (AvgIpc) is 2.27. The highest BCUT2D eigenvalue weighted by Crippen LogP contribution is 2.25. The van der Waals surface area contributed by atoms with Crippen molar-refractivity contribution in [2.45, 2.75) is 43.0 Å². The topological polar surface area (TPSA) is 106 Å². The van der Waals surface area contributed by atoms with Crippen molar-refractivity contribution in [1.82, 2.24) is 4.72 Å². The monoisotopic (exact) mass is 334 g/mol. The molecule has 1 aromatic rings. The molecule has 1 rings (SSSR count). The SMILES string of the molecule is Cc1cc(S(C)(=O)=O)c(C)c(S(=O)(=O)NCC(C)(C)N)c1. The number of nitrogens with two attached hydrogens (primary N) is 1. The molecule has 0 radical (unpaired) electrons. The number of hydrogen-bond donors (Lipinski definition) is 2. The first-order valence-electron chi connectivity index (χ1n) is 6.34. The summed E-state index contributed by atoms with van der Waals surface area (Å²) in [5.41, 5.74) is 5.84. The molecule has 120 valence electrons. The average molecular weight is 334 g/mol. The van der Waals surface area contributed by atoms with Gasteiger partial charge in [0.1, 0.15) is 0 Å². The molecule has 0 unspecified atom stereocenters. The standard InChI is InChI=1S/C13H22N2O4S2/c1-9-6-11(20(5,16)17)10(2)12(7-9)21(18,19)15-8-13(3,4)14/h6-7,15H,8,14H2,1-5H3. The summed E-state index contributed by atoms with van der Waals surface area (Å²) < 4.78 is 50.7. The van der Waals surface area contributed by atoms with Crippen molar-refractivity contribution in [2.75, 3.05) is 12.8 Å². The normalized spacial score (nSPS) is 13.4. The van der Waals surface area contributed by atoms with Crippen LogP contribution in [0.25, 0.3) is 0 Å². The van der Waals surface area contributed by atoms with E-state index in [1.165, 1.54) is 19.1 Å². The van der Waals surface area contributed by atoms with Crippen molar-refractivity contribution in [1.29, 1.82) is 0 Å². The van der Waals surface area contributed by atoms with E-state index in [0.717, 1.165) is 6.26 Å². The van der Waals surface area contributed by atoms with Gasteiger partial charge in [-0.1, -0.05) is 0 Å². The number of sulfone groups is 1. The third kappa shape index (κ3) is 4.77. The van der Waals surface area contributed by atoms with E-state index in [4.69, 9.17) is 5.73 Å². The van der Waals surface area contributed by atoms with Crippen molar-refractivity contribution < 1.29 is 16.8 Å². The molecule has 0 saturated carbocycles. The molecule has 0 bridgehead atoms. The summed E-state index contributed by atoms with van der Waals surface area (Å²) in [6.45, 7) is 6.58. The van der Waals surface area contributed by atoms with Gasteiger partial charge in [-0.15, -0.1) is 0 Å². The van der Waals surface area contributed by atoms with Crippen molar-refractivity contribution >= 4 is 19.9 Å². The molecule has 0 atom stereocenters. The van der Waals surface area contributed by atoms with Gasteiger partial charge in [-0.25, -0.2) is 21.6 Å². The van der Waals surface area contributed by atoms with Crippen LogP contribution >= 0.6 is 0 Å². The van der Waals surface area contributed by atoms with Gasteiger partial charge < -0.3 is 5.73 Å². The first-order chi connectivity index (χ1) is 9.24. The number of sulfonamides is 1. The zero-order valence-corrected chi connectivity index (χ0v) is 14.5. The highest BCUT2D eigenvalue weighted by atomic mass is 32.2. The fourth-order valence-corrected chi connectivity index (χ4v) is 4.52. The lowest BCUT2D eigenvalue weighted by Crippen LogP contribution is -2.45. The van der Waals surface area contributed by atoms with E-state index in [1.54, 1.807) is 20.8 Å². The minimum Gasteiger partial charge on any atom is -0.324 e. The smallest absolute Gasteiger partial charge is 0.240 e. The van der Waals surface area contributed by atoms with Crippen LogP contribution in [0.3, 0.4) is 0 Å². The highest BCUT2D eigenvalue weighted by molar-refractivity contribution is 7.91. The third-order valence-electron chi connectivity index (χ3n) is 2.86. The van der Waals surface area contributed by atoms with Crippen molar-refractivity contribution in [2.24, 2.45) is 5.73 Å². The van der Waals surface area contributed by atoms with E-state index in [-0.39, 0.29) is 21.9 Å². The van der Waals surface area contributed by atoms with Crippen molar-refractivity contribution in [3.63, 3.8) is 0 Å². The summed E-state index contributed by atoms with van der Waals surface area (Å²) in [5.74, 6) is 0. The number of benzene rings is 1. The Morgan fingerprint density at radius 3 is 2.00 bits per heavy atom. The van der Waals surface area contributed by atoms with Gasteiger partial charge in [-0.05, 0) is 51.0 Å². The molecule has 0 heterocycles. The second-order valence-electron chi connectivity index (χ2n) is 5.97. The predicted octanol–water partition coefficient (Wildman–Crippen LogP) is 0.723. The van der Waals surface area contributed by atoms with Gasteiger partial charge in [0.05, 0.1) is 9.79 Å². The number of hydrogen-bond acceptors (Lipinski definition) is 5. The van der Waals surface area contributed by atoms with E-state index in [2.05, 4.69) is 4.72 Å². The maximum absolute atomic E-state index is 12.4. The number of rotatable bonds is 5. The Morgan fingerprint density at radius 1 is 1.10 bits per heavy atom. The molecule has 8 heteroatoms. The molecule has 0 aliphatic carbocycles. The van der Waals surface area contributed by atoms with Gasteiger partial charge in [0.25, 0.3) is 0 Å². The lowest BCUT2D eigenvalue weighted by molar-refractivity contribution is 0.497. The van der Waals surface area contributed by atoms with E-state index in [1.807, 2.05) is 0 Å². The van der Waals surface area contributed by atoms with Gasteiger partial charge in [0.15, 0.2) is 9.84 Å². The first-order valence-corrected chi connectivity index (χ1v) is 9.71. The highest BCUT2D eigenvalue weighted by Gasteiger charge is 2.24. The zero-order valence-electron chi connectivity index (χ0n) is 12.9. The molecule has 21 heavy (non-hydrogen) atoms. The molecule has 0 aromatic heterocycles. The van der Waals surface area contributed by atoms with Crippen LogP contribution in [0.1, 0.15) is 25.0 Å². The predicted molar refractivity (Wildman–Crippen MR) is 82.5 cm³/mol. The Hall–Kier alpha value is -0.960. The Kier molecular flexibility index (Phi) is 4.89. The van der Waals surface area contributed by atoms with Gasteiger partial charge in [0.2, 0.25) is 10.0 Å². The molecule has 6 nitrogen and oxygen atoms in total. The Balaban J connectivity index is 3.41. The maximum atomic E-state index is 12.4. The quantitative estimate of drug-likeness (QED) is 0.825. The summed E-state index contributed by atoms with van der Waals surface area (Å²) in [5, 5.41) is 0. The largest absolute Gasteiger partial charge is 0.324 e. The van der Waals surface area contributed by atoms with Crippen LogP contribution in [-0.4, -0.2) is 35.2 Å². The van der Waals surface area contributed by atoms with Crippen molar-refractivity contribution in [3.05, 3.63) is 23.3 Å². The Morgan fingerprint density at radius 2 is 1.57 bits per heavy atom. The van der Waals surface area contributed by atoms with Crippen LogP contribution in [0.2, 0.25) is 0 Å². The summed E-state index contributed by atoms with van der Waals surface area (Å²) in [6, 6.07) is 2.92. The summed E-state index contributed by atoms with van der Waals surface area (Å²) in [7, 11) is -7.32. The van der Waals surface area contributed by atoms with Crippen LogP contribution < -0.4 is 10.5 Å². The number of aryl methyl sites for hydroxylation is 1. The summed E-state index contributed by atoms with van der Waals surface area (Å²) in [4.78, 5) is -0.0120. The van der Waals surface area contributed by atoms with E-state index in [9.17, 15) is 16.8 Å². The lowest BCUT2D eigenvalue weighted by atomic mass is 10.1. The Bertz CT molecular complexity index is 745. The second-order valence-corrected chi connectivity index (χ2v) is 9.69. The molecule has 0 amide bonds. The van der Waals surface area contributed by atoms with Crippen LogP contribution in [-0.2, 0) is 19.9 Å². The molecular weight excluding hydrogens is 312 g/mol. The fourth-order valence-electron chi connectivity index (χ4n) is 1.82. The summed E-state index contributed by atoms with van der Waals surface area (Å²) >= 11 is 0. The van der Waals surface area contributed by atoms with E-state index < -0.39 is 25.4 Å². The van der Waals surface area contributed by atoms with E-state index in [0.29, 0.717) is 5.56 Å². The first kappa shape index (κ1) is 18.1. The molecule has 0 fully saturated rings. The lowest BCUT2D eigenvalue weighted by Gasteiger charge is -2.20. The zero-order chi connectivity index (χ0) is 16.6. The molecule has 0 aliphatic heterocycles. The van der Waals surface area contributed by atoms with Crippen LogP contribution in [0.4, 0.5) is 0 Å². The molecule has 0 spiro atoms. The van der Waals surface area contributed by atoms with Gasteiger partial charge in [-0.2, -0.15) is 0 Å². The van der Waals surface area contributed by atoms with Gasteiger partial charge >= 0.3 is 0 Å². The molecule has 0 aliphatic rings. The minimum absolute atomic E-state index is 0.0230. The molecule has 0 saturated heterocycles. The van der Waals surface area contributed by atoms with Crippen LogP contribution in [0.5, 0.6) is 0 Å². The third-order valence-corrected chi connectivity index (χ3v) is 5.61. The Labute approximate surface area is 126 Å². The van der Waals surface area contributed by atoms with E-state index >= 15 is 0 Å². The van der Waals surface area contributed by atoms with Gasteiger partial charge in [-0.3, -0.25) is 0 Å². The molecule has 3 N–H and O–H groups in total. The number of nitrogens with one attached hydrogen (secondary N) is 1. The van der Waals surface area contributed by atoms with Gasteiger partial charge in [0, 0.05) is 18.3 Å². The van der Waals surface area contributed by atoms with Crippen molar-refractivity contribution in [3.8, 4) is 0 Å². The molecular formula is C13H22N2O4S2. The fraction of sp³-hybridized carbons (Fsp3) is 0.538. The van der Waals surface area contributed by atoms with Crippen LogP contribution in [0, 0.1) is 13.8 Å². The molecule has 1 aromatic carbocycles. The minimum atomic E-state index is -3.82. The van der Waals surface area contributed by atoms with Crippen LogP contribution in [0.15, 0.2) is 21.9 Å². The second kappa shape index (κ2) is 5.68. The maximum Gasteiger partial charge on any atom is 0.240 e. The summed E-state index contributed by atoms with van der Waals surface area (Å²) in [6.07, 6.45) is 1.06.